The summed E-state index contributed by atoms with van der Waals surface area (Å²) in [6.45, 7) is 0. The van der Waals surface area contributed by atoms with Crippen LogP contribution in [0.5, 0.6) is 0 Å². The van der Waals surface area contributed by atoms with Crippen molar-refractivity contribution < 1.29 is 96.6 Å². The Balaban J connectivity index is 5.49. The highest BCUT2D eigenvalue weighted by Gasteiger charge is 2.88. The third kappa shape index (κ3) is 5.74. The third-order valence-corrected chi connectivity index (χ3v) is 5.31. The van der Waals surface area contributed by atoms with Crippen molar-refractivity contribution in [2.75, 3.05) is 11.5 Å². The fourth-order valence-electron chi connectivity index (χ4n) is 2.03. The Morgan fingerprint density at radius 3 is 0.703 bits per heavy atom. The van der Waals surface area contributed by atoms with E-state index in [4.69, 9.17) is 0 Å². The number of rotatable bonds is 12. The zero-order valence-electron chi connectivity index (χ0n) is 16.6. The van der Waals surface area contributed by atoms with Gasteiger partial charge in [-0.1, -0.05) is 0 Å². The van der Waals surface area contributed by atoms with Crippen LogP contribution in [0.25, 0.3) is 0 Å². The van der Waals surface area contributed by atoms with Gasteiger partial charge in [0.2, 0.25) is 0 Å². The SMILES string of the molecule is FC(F)(F)C(F)(F)C(F)(F)C(F)(F)C(F)(F)CCSCCC(F)(F)C(F)(F)C(F)(F)C(F)(F)C(F)(F)F. The highest BCUT2D eigenvalue weighted by atomic mass is 32.2. The minimum Gasteiger partial charge on any atom is -0.200 e. The molecule has 0 nitrogen and oxygen atoms in total. The lowest BCUT2D eigenvalue weighted by molar-refractivity contribution is -0.422. The zero-order chi connectivity index (χ0) is 30.5. The molecule has 23 heteroatoms. The molecule has 37 heavy (non-hydrogen) atoms. The molecule has 0 aliphatic rings. The largest absolute Gasteiger partial charge is 0.460 e. The van der Waals surface area contributed by atoms with Crippen LogP contribution in [0.2, 0.25) is 0 Å². The van der Waals surface area contributed by atoms with Gasteiger partial charge in [0.05, 0.1) is 0 Å². The van der Waals surface area contributed by atoms with Gasteiger partial charge < -0.3 is 0 Å². The Labute approximate surface area is 193 Å². The van der Waals surface area contributed by atoms with E-state index in [1.807, 2.05) is 0 Å². The molecule has 0 bridgehead atoms. The van der Waals surface area contributed by atoms with Gasteiger partial charge in [0.1, 0.15) is 0 Å². The first-order valence-electron chi connectivity index (χ1n) is 8.44. The lowest BCUT2D eigenvalue weighted by Crippen LogP contribution is -2.66. The molecule has 224 valence electrons. The van der Waals surface area contributed by atoms with Gasteiger partial charge in [-0.15, -0.1) is 0 Å². The highest BCUT2D eigenvalue weighted by molar-refractivity contribution is 7.99. The summed E-state index contributed by atoms with van der Waals surface area (Å²) in [5, 5.41) is 0. The van der Waals surface area contributed by atoms with E-state index in [-0.39, 0.29) is 0 Å². The van der Waals surface area contributed by atoms with E-state index in [1.54, 1.807) is 0 Å². The fraction of sp³-hybridized carbons (Fsp3) is 1.00. The van der Waals surface area contributed by atoms with E-state index in [9.17, 15) is 96.6 Å². The van der Waals surface area contributed by atoms with Crippen molar-refractivity contribution in [2.24, 2.45) is 0 Å². The maximum absolute atomic E-state index is 13.4. The van der Waals surface area contributed by atoms with Crippen molar-refractivity contribution >= 4 is 11.8 Å². The third-order valence-electron chi connectivity index (χ3n) is 4.33. The molecule has 0 rings (SSSR count). The first kappa shape index (κ1) is 35.8. The van der Waals surface area contributed by atoms with Crippen molar-refractivity contribution in [1.29, 1.82) is 0 Å². The number of alkyl halides is 22. The molecular formula is C14H8F22S. The van der Waals surface area contributed by atoms with Crippen molar-refractivity contribution in [3.05, 3.63) is 0 Å². The molecule has 0 saturated heterocycles. The summed E-state index contributed by atoms with van der Waals surface area (Å²) in [6.07, 6.45) is -20.7. The van der Waals surface area contributed by atoms with Gasteiger partial charge in [-0.2, -0.15) is 108 Å². The van der Waals surface area contributed by atoms with E-state index >= 15 is 0 Å². The zero-order valence-corrected chi connectivity index (χ0v) is 17.4. The Kier molecular flexibility index (Phi) is 9.46. The van der Waals surface area contributed by atoms with Crippen LogP contribution in [-0.4, -0.2) is 71.2 Å². The predicted molar refractivity (Wildman–Crippen MR) is 78.2 cm³/mol. The first-order chi connectivity index (χ1) is 15.7. The molecule has 0 radical (unpaired) electrons. The normalized spacial score (nSPS) is 16.4. The molecule has 0 aliphatic carbocycles. The van der Waals surface area contributed by atoms with E-state index in [0.29, 0.717) is 0 Å². The molecule has 0 unspecified atom stereocenters. The van der Waals surface area contributed by atoms with Crippen molar-refractivity contribution in [3.8, 4) is 0 Å². The Morgan fingerprint density at radius 2 is 0.514 bits per heavy atom. The molecule has 0 aromatic carbocycles. The van der Waals surface area contributed by atoms with Crippen LogP contribution in [0, 0.1) is 0 Å². The molecule has 0 heterocycles. The number of hydrogen-bond acceptors (Lipinski definition) is 1. The van der Waals surface area contributed by atoms with Crippen LogP contribution in [0.1, 0.15) is 12.8 Å². The van der Waals surface area contributed by atoms with Crippen LogP contribution >= 0.6 is 11.8 Å². The summed E-state index contributed by atoms with van der Waals surface area (Å²) in [5.74, 6) is -62.9. The lowest BCUT2D eigenvalue weighted by atomic mass is 9.96. The summed E-state index contributed by atoms with van der Waals surface area (Å²) in [5.41, 5.74) is 0. The molecule has 0 aliphatic heterocycles. The standard InChI is InChI=1S/C14H8F22S/c15-5(16,7(19,20)9(23,24)11(27,28)13(31,32)33)1-3-37-4-2-6(17,18)8(21,22)10(25,26)12(29,30)14(34,35)36/h1-4H2. The van der Waals surface area contributed by atoms with Gasteiger partial charge in [0, 0.05) is 12.8 Å². The van der Waals surface area contributed by atoms with Crippen LogP contribution in [-0.2, 0) is 0 Å². The monoisotopic (exact) mass is 626 g/mol. The topological polar surface area (TPSA) is 0 Å². The van der Waals surface area contributed by atoms with Gasteiger partial charge in [-0.05, 0) is 11.5 Å². The number of hydrogen-bond donors (Lipinski definition) is 0. The average molecular weight is 626 g/mol. The van der Waals surface area contributed by atoms with Crippen LogP contribution in [0.3, 0.4) is 0 Å². The van der Waals surface area contributed by atoms with Crippen LogP contribution in [0.4, 0.5) is 96.6 Å². The second-order valence-electron chi connectivity index (χ2n) is 6.96. The molecule has 0 atom stereocenters. The summed E-state index contributed by atoms with van der Waals surface area (Å²) in [4.78, 5) is 0. The Morgan fingerprint density at radius 1 is 0.297 bits per heavy atom. The van der Waals surface area contributed by atoms with Gasteiger partial charge in [-0.25, -0.2) is 0 Å². The molecule has 0 amide bonds. The predicted octanol–water partition coefficient (Wildman–Crippen LogP) is 8.71. The maximum Gasteiger partial charge on any atom is 0.460 e. The molecule has 0 aromatic heterocycles. The maximum atomic E-state index is 13.4. The minimum absolute atomic E-state index is 0.749. The van der Waals surface area contributed by atoms with E-state index in [2.05, 4.69) is 0 Å². The van der Waals surface area contributed by atoms with E-state index in [0.717, 1.165) is 0 Å². The summed E-state index contributed by atoms with van der Waals surface area (Å²) >= 11 is -0.749. The molecule has 0 fully saturated rings. The molecule has 0 spiro atoms. The number of halogens is 22. The summed E-state index contributed by atoms with van der Waals surface area (Å²) in [6, 6.07) is 0. The minimum atomic E-state index is -7.81. The summed E-state index contributed by atoms with van der Waals surface area (Å²) < 4.78 is 281. The van der Waals surface area contributed by atoms with Gasteiger partial charge in [0.15, 0.2) is 0 Å². The summed E-state index contributed by atoms with van der Waals surface area (Å²) in [7, 11) is 0. The van der Waals surface area contributed by atoms with Gasteiger partial charge in [-0.3, -0.25) is 0 Å². The molecule has 0 N–H and O–H groups in total. The fourth-order valence-corrected chi connectivity index (χ4v) is 3.03. The molecule has 0 saturated carbocycles. The highest BCUT2D eigenvalue weighted by Crippen LogP contribution is 2.59. The van der Waals surface area contributed by atoms with E-state index in [1.165, 1.54) is 0 Å². The van der Waals surface area contributed by atoms with Gasteiger partial charge >= 0.3 is 59.7 Å². The van der Waals surface area contributed by atoms with Crippen molar-refractivity contribution in [3.63, 3.8) is 0 Å². The second kappa shape index (κ2) is 9.77. The van der Waals surface area contributed by atoms with Crippen molar-refractivity contribution in [2.45, 2.75) is 72.6 Å². The number of thioether (sulfide) groups is 1. The molecular weight excluding hydrogens is 618 g/mol. The van der Waals surface area contributed by atoms with Crippen LogP contribution in [0.15, 0.2) is 0 Å². The van der Waals surface area contributed by atoms with Gasteiger partial charge in [0.25, 0.3) is 0 Å². The Hall–Kier alpha value is -1.19. The average Bonchev–Trinajstić information content (AvgIpc) is 2.64. The van der Waals surface area contributed by atoms with Crippen LogP contribution < -0.4 is 0 Å². The second-order valence-corrected chi connectivity index (χ2v) is 8.19. The van der Waals surface area contributed by atoms with Crippen molar-refractivity contribution in [1.82, 2.24) is 0 Å². The smallest absolute Gasteiger partial charge is 0.200 e. The molecule has 0 aromatic rings. The Bertz CT molecular complexity index is 709. The quantitative estimate of drug-likeness (QED) is 0.154. The first-order valence-corrected chi connectivity index (χ1v) is 9.60. The van der Waals surface area contributed by atoms with E-state index < -0.39 is 95.8 Å². The lowest BCUT2D eigenvalue weighted by Gasteiger charge is -2.37.